The van der Waals surface area contributed by atoms with Crippen molar-refractivity contribution in [1.29, 1.82) is 0 Å². The normalized spacial score (nSPS) is 16.1. The molecule has 1 aromatic heterocycles. The molecule has 88 valence electrons. The van der Waals surface area contributed by atoms with E-state index >= 15 is 0 Å². The fraction of sp³-hybridized carbons (Fsp3) is 0.308. The summed E-state index contributed by atoms with van der Waals surface area (Å²) >= 11 is 0. The van der Waals surface area contributed by atoms with Crippen LogP contribution in [-0.4, -0.2) is 34.6 Å². The molecule has 3 rings (SSSR count). The van der Waals surface area contributed by atoms with E-state index in [0.717, 1.165) is 30.4 Å². The second kappa shape index (κ2) is 3.60. The summed E-state index contributed by atoms with van der Waals surface area (Å²) in [6.07, 6.45) is 1.04. The molecule has 0 bridgehead atoms. The highest BCUT2D eigenvalue weighted by Gasteiger charge is 2.15. The molecule has 0 fully saturated rings. The number of carboxylic acid groups (broad SMARTS) is 1. The number of hydrogen-bond acceptors (Lipinski definition) is 2. The fourth-order valence-corrected chi connectivity index (χ4v) is 2.45. The number of carboxylic acids is 1. The highest BCUT2D eigenvalue weighted by molar-refractivity contribution is 5.94. The van der Waals surface area contributed by atoms with Gasteiger partial charge in [0.25, 0.3) is 0 Å². The molecule has 1 aromatic carbocycles. The molecule has 0 saturated carbocycles. The molecular formula is C13H14N2O2. The Bertz CT molecular complexity index is 601. The zero-order valence-electron chi connectivity index (χ0n) is 9.66. The molecule has 4 heteroatoms. The molecule has 4 nitrogen and oxygen atoms in total. The van der Waals surface area contributed by atoms with Gasteiger partial charge in [0, 0.05) is 24.0 Å². The van der Waals surface area contributed by atoms with E-state index in [1.807, 2.05) is 0 Å². The Hall–Kier alpha value is -1.81. The van der Waals surface area contributed by atoms with E-state index in [1.54, 1.807) is 6.07 Å². The van der Waals surface area contributed by atoms with Crippen molar-refractivity contribution in [3.63, 3.8) is 0 Å². The number of rotatable bonds is 1. The largest absolute Gasteiger partial charge is 0.477 e. The number of benzene rings is 1. The van der Waals surface area contributed by atoms with Crippen LogP contribution in [0.1, 0.15) is 21.6 Å². The maximum atomic E-state index is 10.9. The van der Waals surface area contributed by atoms with Gasteiger partial charge < -0.3 is 15.0 Å². The van der Waals surface area contributed by atoms with Gasteiger partial charge >= 0.3 is 5.97 Å². The quantitative estimate of drug-likeness (QED) is 0.786. The summed E-state index contributed by atoms with van der Waals surface area (Å²) in [5.74, 6) is -0.906. The van der Waals surface area contributed by atoms with Crippen molar-refractivity contribution >= 4 is 16.9 Å². The number of aromatic carboxylic acids is 1. The lowest BCUT2D eigenvalue weighted by atomic mass is 9.98. The minimum Gasteiger partial charge on any atom is -0.477 e. The molecule has 0 radical (unpaired) electrons. The standard InChI is InChI=1S/C13H14N2O2/c1-15-3-2-8-4-9-5-12(13(16)17)14-11(9)6-10(8)7-15/h4-6,14H,2-3,7H2,1H3,(H,16,17). The lowest BCUT2D eigenvalue weighted by Gasteiger charge is -2.24. The van der Waals surface area contributed by atoms with Gasteiger partial charge in [0.05, 0.1) is 0 Å². The molecule has 17 heavy (non-hydrogen) atoms. The van der Waals surface area contributed by atoms with E-state index in [4.69, 9.17) is 5.11 Å². The summed E-state index contributed by atoms with van der Waals surface area (Å²) in [4.78, 5) is 16.1. The summed E-state index contributed by atoms with van der Waals surface area (Å²) in [6.45, 7) is 2.00. The molecule has 2 heterocycles. The van der Waals surface area contributed by atoms with Crippen LogP contribution in [0.2, 0.25) is 0 Å². The number of aromatic nitrogens is 1. The Morgan fingerprint density at radius 3 is 2.94 bits per heavy atom. The van der Waals surface area contributed by atoms with Gasteiger partial charge in [-0.3, -0.25) is 0 Å². The summed E-state index contributed by atoms with van der Waals surface area (Å²) < 4.78 is 0. The zero-order chi connectivity index (χ0) is 12.0. The Kier molecular flexibility index (Phi) is 2.19. The van der Waals surface area contributed by atoms with Crippen molar-refractivity contribution in [1.82, 2.24) is 9.88 Å². The van der Waals surface area contributed by atoms with Gasteiger partial charge in [-0.2, -0.15) is 0 Å². The second-order valence-electron chi connectivity index (χ2n) is 4.68. The van der Waals surface area contributed by atoms with E-state index in [1.165, 1.54) is 11.1 Å². The number of likely N-dealkylation sites (N-methyl/N-ethyl adjacent to an activating group) is 1. The fourth-order valence-electron chi connectivity index (χ4n) is 2.45. The smallest absolute Gasteiger partial charge is 0.352 e. The molecule has 1 aliphatic rings. The first kappa shape index (κ1) is 10.4. The van der Waals surface area contributed by atoms with Crippen LogP contribution in [0.3, 0.4) is 0 Å². The third kappa shape index (κ3) is 1.70. The Morgan fingerprint density at radius 2 is 2.18 bits per heavy atom. The number of hydrogen-bond donors (Lipinski definition) is 2. The zero-order valence-corrected chi connectivity index (χ0v) is 9.66. The van der Waals surface area contributed by atoms with Crippen LogP contribution in [0.15, 0.2) is 18.2 Å². The minimum absolute atomic E-state index is 0.260. The average molecular weight is 230 g/mol. The first-order chi connectivity index (χ1) is 8.13. The molecule has 0 spiro atoms. The van der Waals surface area contributed by atoms with Crippen molar-refractivity contribution in [3.8, 4) is 0 Å². The molecule has 0 atom stereocenters. The number of aromatic amines is 1. The first-order valence-corrected chi connectivity index (χ1v) is 5.70. The van der Waals surface area contributed by atoms with Crippen LogP contribution >= 0.6 is 0 Å². The average Bonchev–Trinajstić information content (AvgIpc) is 2.68. The van der Waals surface area contributed by atoms with Gasteiger partial charge in [-0.05, 0) is 42.8 Å². The van der Waals surface area contributed by atoms with Crippen LogP contribution in [0, 0.1) is 0 Å². The van der Waals surface area contributed by atoms with E-state index in [2.05, 4.69) is 29.1 Å². The maximum absolute atomic E-state index is 10.9. The van der Waals surface area contributed by atoms with E-state index in [9.17, 15) is 4.79 Å². The van der Waals surface area contributed by atoms with Crippen LogP contribution in [-0.2, 0) is 13.0 Å². The van der Waals surface area contributed by atoms with Crippen LogP contribution in [0.5, 0.6) is 0 Å². The monoisotopic (exact) mass is 230 g/mol. The topological polar surface area (TPSA) is 56.3 Å². The lowest BCUT2D eigenvalue weighted by Crippen LogP contribution is -2.26. The van der Waals surface area contributed by atoms with Gasteiger partial charge in [-0.1, -0.05) is 0 Å². The second-order valence-corrected chi connectivity index (χ2v) is 4.68. The minimum atomic E-state index is -0.906. The summed E-state index contributed by atoms with van der Waals surface area (Å²) in [7, 11) is 2.10. The summed E-state index contributed by atoms with van der Waals surface area (Å²) in [5, 5.41) is 9.95. The van der Waals surface area contributed by atoms with Crippen molar-refractivity contribution in [3.05, 3.63) is 35.0 Å². The first-order valence-electron chi connectivity index (χ1n) is 5.70. The Labute approximate surface area is 98.9 Å². The summed E-state index contributed by atoms with van der Waals surface area (Å²) in [5.41, 5.74) is 3.81. The van der Waals surface area contributed by atoms with E-state index < -0.39 is 5.97 Å². The molecule has 2 N–H and O–H groups in total. The molecule has 0 amide bonds. The number of nitrogens with zero attached hydrogens (tertiary/aromatic N) is 1. The predicted octanol–water partition coefficient (Wildman–Crippen LogP) is 1.85. The Balaban J connectivity index is 2.15. The SMILES string of the molecule is CN1CCc2cc3cc(C(=O)O)[nH]c3cc2C1. The van der Waals surface area contributed by atoms with Crippen molar-refractivity contribution in [2.75, 3.05) is 13.6 Å². The molecule has 1 aliphatic heterocycles. The summed E-state index contributed by atoms with van der Waals surface area (Å²) in [6, 6.07) is 5.89. The van der Waals surface area contributed by atoms with Gasteiger partial charge in [0.1, 0.15) is 5.69 Å². The third-order valence-corrected chi connectivity index (χ3v) is 3.37. The highest BCUT2D eigenvalue weighted by Crippen LogP contribution is 2.25. The van der Waals surface area contributed by atoms with Crippen molar-refractivity contribution in [2.45, 2.75) is 13.0 Å². The van der Waals surface area contributed by atoms with Gasteiger partial charge in [0.2, 0.25) is 0 Å². The van der Waals surface area contributed by atoms with Gasteiger partial charge in [0.15, 0.2) is 0 Å². The number of carbonyl (C=O) groups is 1. The lowest BCUT2D eigenvalue weighted by molar-refractivity contribution is 0.0691. The number of fused-ring (bicyclic) bond motifs is 2. The molecule has 0 saturated heterocycles. The predicted molar refractivity (Wildman–Crippen MR) is 65.3 cm³/mol. The molecular weight excluding hydrogens is 216 g/mol. The van der Waals surface area contributed by atoms with Crippen molar-refractivity contribution in [2.24, 2.45) is 0 Å². The number of nitrogens with one attached hydrogen (secondary N) is 1. The third-order valence-electron chi connectivity index (χ3n) is 3.37. The van der Waals surface area contributed by atoms with Crippen LogP contribution < -0.4 is 0 Å². The van der Waals surface area contributed by atoms with E-state index in [-0.39, 0.29) is 5.69 Å². The molecule has 0 unspecified atom stereocenters. The van der Waals surface area contributed by atoms with E-state index in [0.29, 0.717) is 0 Å². The van der Waals surface area contributed by atoms with Gasteiger partial charge in [-0.25, -0.2) is 4.79 Å². The van der Waals surface area contributed by atoms with Crippen LogP contribution in [0.25, 0.3) is 10.9 Å². The highest BCUT2D eigenvalue weighted by atomic mass is 16.4. The number of H-pyrrole nitrogens is 1. The molecule has 2 aromatic rings. The van der Waals surface area contributed by atoms with Gasteiger partial charge in [-0.15, -0.1) is 0 Å². The van der Waals surface area contributed by atoms with Crippen LogP contribution in [0.4, 0.5) is 0 Å². The van der Waals surface area contributed by atoms with Crippen molar-refractivity contribution < 1.29 is 9.90 Å². The molecule has 0 aliphatic carbocycles. The Morgan fingerprint density at radius 1 is 1.35 bits per heavy atom. The maximum Gasteiger partial charge on any atom is 0.352 e.